The first-order chi connectivity index (χ1) is 6.92. The van der Waals surface area contributed by atoms with Gasteiger partial charge in [-0.3, -0.25) is 0 Å². The monoisotopic (exact) mass is 183 g/mol. The third-order valence-electron chi connectivity index (χ3n) is 2.23. The van der Waals surface area contributed by atoms with E-state index in [2.05, 4.69) is 54.4 Å². The fraction of sp³-hybridized carbons (Fsp3) is 0.0769. The molecule has 2 rings (SSSR count). The summed E-state index contributed by atoms with van der Waals surface area (Å²) in [5, 5.41) is 5.85. The molecule has 2 aromatic carbocycles. The normalized spacial score (nSPS) is 10.0. The van der Waals surface area contributed by atoms with Crippen molar-refractivity contribution in [3.63, 3.8) is 0 Å². The van der Waals surface area contributed by atoms with Crippen molar-refractivity contribution < 1.29 is 0 Å². The molecule has 0 spiro atoms. The molecule has 0 aliphatic rings. The fourth-order valence-corrected chi connectivity index (χ4v) is 1.56. The summed E-state index contributed by atoms with van der Waals surface area (Å²) >= 11 is 0. The molecular weight excluding hydrogens is 170 g/mol. The number of hydrogen-bond acceptors (Lipinski definition) is 1. The number of rotatable bonds is 3. The van der Waals surface area contributed by atoms with Gasteiger partial charge in [0, 0.05) is 17.6 Å². The highest BCUT2D eigenvalue weighted by Crippen LogP contribution is 2.22. The molecular formula is C13H13N. The van der Waals surface area contributed by atoms with Crippen LogP contribution in [0.2, 0.25) is 0 Å². The number of benzene rings is 2. The molecule has 0 aromatic heterocycles. The molecule has 70 valence electrons. The van der Waals surface area contributed by atoms with Gasteiger partial charge in [-0.25, -0.2) is 0 Å². The minimum Gasteiger partial charge on any atom is -0.381 e. The van der Waals surface area contributed by atoms with E-state index in [1.807, 2.05) is 6.08 Å². The molecule has 0 saturated heterocycles. The Bertz CT molecular complexity index is 440. The lowest BCUT2D eigenvalue weighted by Gasteiger charge is -2.07. The van der Waals surface area contributed by atoms with E-state index < -0.39 is 0 Å². The van der Waals surface area contributed by atoms with Crippen molar-refractivity contribution in [1.82, 2.24) is 0 Å². The van der Waals surface area contributed by atoms with Crippen molar-refractivity contribution in [2.45, 2.75) is 0 Å². The molecule has 14 heavy (non-hydrogen) atoms. The number of anilines is 1. The van der Waals surface area contributed by atoms with Crippen molar-refractivity contribution in [2.24, 2.45) is 0 Å². The zero-order valence-electron chi connectivity index (χ0n) is 8.03. The van der Waals surface area contributed by atoms with Crippen LogP contribution in [0.15, 0.2) is 55.1 Å². The Hall–Kier alpha value is -1.76. The van der Waals surface area contributed by atoms with E-state index in [1.165, 1.54) is 16.5 Å². The summed E-state index contributed by atoms with van der Waals surface area (Å²) in [6.45, 7) is 4.49. The first-order valence-corrected chi connectivity index (χ1v) is 4.74. The lowest BCUT2D eigenvalue weighted by Crippen LogP contribution is -1.97. The van der Waals surface area contributed by atoms with Crippen LogP contribution in [0, 0.1) is 0 Å². The standard InChI is InChI=1S/C13H13N/c1-2-10-14-13-9-5-7-11-6-3-4-8-12(11)13/h2-9,14H,1,10H2. The Morgan fingerprint density at radius 2 is 1.86 bits per heavy atom. The quantitative estimate of drug-likeness (QED) is 0.719. The molecule has 0 unspecified atom stereocenters. The Labute approximate surface area is 84.1 Å². The minimum atomic E-state index is 0.800. The van der Waals surface area contributed by atoms with Crippen LogP contribution in [0.1, 0.15) is 0 Å². The predicted octanol–water partition coefficient (Wildman–Crippen LogP) is 3.44. The van der Waals surface area contributed by atoms with E-state index in [0.29, 0.717) is 0 Å². The Kier molecular flexibility index (Phi) is 2.50. The van der Waals surface area contributed by atoms with Gasteiger partial charge in [0.25, 0.3) is 0 Å². The topological polar surface area (TPSA) is 12.0 Å². The SMILES string of the molecule is C=CCNc1cccc2ccccc12. The number of fused-ring (bicyclic) bond motifs is 1. The van der Waals surface area contributed by atoms with E-state index in [0.717, 1.165) is 6.54 Å². The molecule has 0 heterocycles. The summed E-state index contributed by atoms with van der Waals surface area (Å²) in [6.07, 6.45) is 1.86. The second-order valence-electron chi connectivity index (χ2n) is 3.20. The molecule has 0 aliphatic carbocycles. The van der Waals surface area contributed by atoms with E-state index in [-0.39, 0.29) is 0 Å². The van der Waals surface area contributed by atoms with E-state index in [1.54, 1.807) is 0 Å². The molecule has 1 nitrogen and oxygen atoms in total. The average molecular weight is 183 g/mol. The third-order valence-corrected chi connectivity index (χ3v) is 2.23. The highest BCUT2D eigenvalue weighted by atomic mass is 14.9. The molecule has 2 aromatic rings. The van der Waals surface area contributed by atoms with Gasteiger partial charge in [0.2, 0.25) is 0 Å². The molecule has 1 heteroatoms. The van der Waals surface area contributed by atoms with Gasteiger partial charge in [-0.2, -0.15) is 0 Å². The minimum absolute atomic E-state index is 0.800. The van der Waals surface area contributed by atoms with E-state index >= 15 is 0 Å². The van der Waals surface area contributed by atoms with Crippen molar-refractivity contribution in [3.05, 3.63) is 55.1 Å². The van der Waals surface area contributed by atoms with Gasteiger partial charge in [-0.05, 0) is 11.5 Å². The van der Waals surface area contributed by atoms with Crippen LogP contribution >= 0.6 is 0 Å². The summed E-state index contributed by atoms with van der Waals surface area (Å²) in [7, 11) is 0. The van der Waals surface area contributed by atoms with Gasteiger partial charge < -0.3 is 5.32 Å². The highest BCUT2D eigenvalue weighted by Gasteiger charge is 1.96. The van der Waals surface area contributed by atoms with Crippen LogP contribution in [0.4, 0.5) is 5.69 Å². The maximum Gasteiger partial charge on any atom is 0.0422 e. The second kappa shape index (κ2) is 3.97. The molecule has 0 atom stereocenters. The van der Waals surface area contributed by atoms with Crippen molar-refractivity contribution in [2.75, 3.05) is 11.9 Å². The molecule has 0 aliphatic heterocycles. The third kappa shape index (κ3) is 1.62. The summed E-state index contributed by atoms with van der Waals surface area (Å²) in [5.41, 5.74) is 1.17. The van der Waals surface area contributed by atoms with Gasteiger partial charge in [-0.1, -0.05) is 42.5 Å². The van der Waals surface area contributed by atoms with Gasteiger partial charge in [0.1, 0.15) is 0 Å². The van der Waals surface area contributed by atoms with Gasteiger partial charge in [-0.15, -0.1) is 6.58 Å². The van der Waals surface area contributed by atoms with Crippen molar-refractivity contribution in [1.29, 1.82) is 0 Å². The Morgan fingerprint density at radius 1 is 1.07 bits per heavy atom. The van der Waals surface area contributed by atoms with Crippen molar-refractivity contribution >= 4 is 16.5 Å². The van der Waals surface area contributed by atoms with Gasteiger partial charge in [0.05, 0.1) is 0 Å². The highest BCUT2D eigenvalue weighted by molar-refractivity contribution is 5.93. The number of nitrogens with one attached hydrogen (secondary N) is 1. The predicted molar refractivity (Wildman–Crippen MR) is 62.6 cm³/mol. The smallest absolute Gasteiger partial charge is 0.0422 e. The summed E-state index contributed by atoms with van der Waals surface area (Å²) in [5.74, 6) is 0. The van der Waals surface area contributed by atoms with E-state index in [9.17, 15) is 0 Å². The van der Waals surface area contributed by atoms with Crippen LogP contribution in [0.5, 0.6) is 0 Å². The maximum absolute atomic E-state index is 3.69. The molecule has 0 fully saturated rings. The molecule has 0 saturated carbocycles. The maximum atomic E-state index is 3.69. The second-order valence-corrected chi connectivity index (χ2v) is 3.20. The largest absolute Gasteiger partial charge is 0.381 e. The molecule has 0 bridgehead atoms. The zero-order chi connectivity index (χ0) is 9.80. The fourth-order valence-electron chi connectivity index (χ4n) is 1.56. The Balaban J connectivity index is 2.48. The lowest BCUT2D eigenvalue weighted by molar-refractivity contribution is 1.36. The van der Waals surface area contributed by atoms with Crippen LogP contribution in [-0.2, 0) is 0 Å². The first-order valence-electron chi connectivity index (χ1n) is 4.74. The van der Waals surface area contributed by atoms with Gasteiger partial charge in [0.15, 0.2) is 0 Å². The Morgan fingerprint density at radius 3 is 2.71 bits per heavy atom. The lowest BCUT2D eigenvalue weighted by atomic mass is 10.1. The van der Waals surface area contributed by atoms with Gasteiger partial charge >= 0.3 is 0 Å². The average Bonchev–Trinajstić information content (AvgIpc) is 2.26. The van der Waals surface area contributed by atoms with Crippen molar-refractivity contribution in [3.8, 4) is 0 Å². The first kappa shape index (κ1) is 8.82. The van der Waals surface area contributed by atoms with Crippen LogP contribution in [0.25, 0.3) is 10.8 Å². The van der Waals surface area contributed by atoms with E-state index in [4.69, 9.17) is 0 Å². The molecule has 0 radical (unpaired) electrons. The molecule has 0 amide bonds. The van der Waals surface area contributed by atoms with Crippen LogP contribution in [0.3, 0.4) is 0 Å². The summed E-state index contributed by atoms with van der Waals surface area (Å²) in [4.78, 5) is 0. The van der Waals surface area contributed by atoms with Crippen LogP contribution < -0.4 is 5.32 Å². The summed E-state index contributed by atoms with van der Waals surface area (Å²) < 4.78 is 0. The van der Waals surface area contributed by atoms with Crippen LogP contribution in [-0.4, -0.2) is 6.54 Å². The zero-order valence-corrected chi connectivity index (χ0v) is 8.03. The summed E-state index contributed by atoms with van der Waals surface area (Å²) in [6, 6.07) is 14.6. The molecule has 1 N–H and O–H groups in total. The number of hydrogen-bond donors (Lipinski definition) is 1.